The molecular weight excluding hydrogens is 244 g/mol. The van der Waals surface area contributed by atoms with Crippen molar-refractivity contribution in [2.75, 3.05) is 0 Å². The highest BCUT2D eigenvalue weighted by atomic mass is 35.5. The molecule has 1 aromatic carbocycles. The highest BCUT2D eigenvalue weighted by molar-refractivity contribution is 6.30. The number of alkyl halides is 2. The maximum Gasteiger partial charge on any atom is 0.248 e. The van der Waals surface area contributed by atoms with E-state index in [1.165, 1.54) is 0 Å². The Balaban J connectivity index is 2.27. The van der Waals surface area contributed by atoms with Crippen LogP contribution in [0, 0.1) is 6.92 Å². The normalized spacial score (nSPS) is 22.4. The number of aryl methyl sites for hydroxylation is 1. The fourth-order valence-electron chi connectivity index (χ4n) is 2.52. The predicted molar refractivity (Wildman–Crippen MR) is 65.5 cm³/mol. The number of nitrogens with two attached hydrogens (primary N) is 1. The average molecular weight is 260 g/mol. The molecule has 0 spiro atoms. The topological polar surface area (TPSA) is 26.0 Å². The minimum Gasteiger partial charge on any atom is -0.321 e. The van der Waals surface area contributed by atoms with Crippen LogP contribution in [0.25, 0.3) is 0 Å². The van der Waals surface area contributed by atoms with Crippen LogP contribution < -0.4 is 5.73 Å². The van der Waals surface area contributed by atoms with Crippen molar-refractivity contribution in [2.45, 2.75) is 44.1 Å². The SMILES string of the molecule is Cc1cc(Cl)ccc1C1(N)CCC(F)(F)CC1. The van der Waals surface area contributed by atoms with Crippen LogP contribution in [0.5, 0.6) is 0 Å². The molecule has 0 aromatic heterocycles. The van der Waals surface area contributed by atoms with Crippen molar-refractivity contribution in [2.24, 2.45) is 5.73 Å². The third-order valence-corrected chi connectivity index (χ3v) is 3.83. The summed E-state index contributed by atoms with van der Waals surface area (Å²) in [6, 6.07) is 5.46. The lowest BCUT2D eigenvalue weighted by molar-refractivity contribution is -0.0514. The Morgan fingerprint density at radius 1 is 1.18 bits per heavy atom. The number of hydrogen-bond donors (Lipinski definition) is 1. The van der Waals surface area contributed by atoms with E-state index in [1.54, 1.807) is 6.07 Å². The fourth-order valence-corrected chi connectivity index (χ4v) is 2.74. The van der Waals surface area contributed by atoms with Crippen molar-refractivity contribution in [3.63, 3.8) is 0 Å². The Morgan fingerprint density at radius 3 is 2.29 bits per heavy atom. The molecule has 1 saturated carbocycles. The summed E-state index contributed by atoms with van der Waals surface area (Å²) in [4.78, 5) is 0. The van der Waals surface area contributed by atoms with Gasteiger partial charge < -0.3 is 5.73 Å². The third-order valence-electron chi connectivity index (χ3n) is 3.60. The largest absolute Gasteiger partial charge is 0.321 e. The van der Waals surface area contributed by atoms with Gasteiger partial charge in [0, 0.05) is 23.4 Å². The summed E-state index contributed by atoms with van der Waals surface area (Å²) >= 11 is 5.89. The van der Waals surface area contributed by atoms with Gasteiger partial charge in [0.1, 0.15) is 0 Å². The van der Waals surface area contributed by atoms with Crippen LogP contribution in [0.4, 0.5) is 8.78 Å². The molecule has 0 unspecified atom stereocenters. The average Bonchev–Trinajstić information content (AvgIpc) is 2.23. The van der Waals surface area contributed by atoms with E-state index in [1.807, 2.05) is 19.1 Å². The molecule has 1 aromatic rings. The van der Waals surface area contributed by atoms with Crippen molar-refractivity contribution < 1.29 is 8.78 Å². The van der Waals surface area contributed by atoms with Gasteiger partial charge in [0.15, 0.2) is 0 Å². The summed E-state index contributed by atoms with van der Waals surface area (Å²) in [5.74, 6) is -2.55. The highest BCUT2D eigenvalue weighted by Gasteiger charge is 2.42. The monoisotopic (exact) mass is 259 g/mol. The summed E-state index contributed by atoms with van der Waals surface area (Å²) in [6.45, 7) is 1.92. The Bertz CT molecular complexity index is 421. The smallest absolute Gasteiger partial charge is 0.248 e. The first kappa shape index (κ1) is 12.8. The first-order chi connectivity index (χ1) is 7.82. The standard InChI is InChI=1S/C13H16ClF2N/c1-9-8-10(14)2-3-11(9)12(17)4-6-13(15,16)7-5-12/h2-3,8H,4-7,17H2,1H3. The van der Waals surface area contributed by atoms with E-state index >= 15 is 0 Å². The second kappa shape index (κ2) is 4.21. The van der Waals surface area contributed by atoms with Crippen LogP contribution >= 0.6 is 11.6 Å². The Morgan fingerprint density at radius 2 is 1.76 bits per heavy atom. The van der Waals surface area contributed by atoms with Crippen LogP contribution in [-0.2, 0) is 5.54 Å². The van der Waals surface area contributed by atoms with Crippen molar-refractivity contribution >= 4 is 11.6 Å². The number of halogens is 3. The molecule has 17 heavy (non-hydrogen) atoms. The van der Waals surface area contributed by atoms with Gasteiger partial charge in [-0.05, 0) is 43.0 Å². The van der Waals surface area contributed by atoms with E-state index in [0.717, 1.165) is 11.1 Å². The van der Waals surface area contributed by atoms with Gasteiger partial charge in [-0.25, -0.2) is 8.78 Å². The molecule has 94 valence electrons. The van der Waals surface area contributed by atoms with Gasteiger partial charge in [-0.1, -0.05) is 17.7 Å². The first-order valence-corrected chi connectivity index (χ1v) is 6.14. The molecule has 0 atom stereocenters. The van der Waals surface area contributed by atoms with Crippen molar-refractivity contribution in [1.29, 1.82) is 0 Å². The molecule has 0 heterocycles. The Labute approximate surface area is 105 Å². The summed E-state index contributed by atoms with van der Waals surface area (Å²) in [5.41, 5.74) is 7.57. The van der Waals surface area contributed by atoms with Gasteiger partial charge in [-0.3, -0.25) is 0 Å². The summed E-state index contributed by atoms with van der Waals surface area (Å²) in [6.07, 6.45) is 0.377. The Hall–Kier alpha value is -0.670. The molecule has 4 heteroatoms. The second-order valence-corrected chi connectivity index (χ2v) is 5.41. The van der Waals surface area contributed by atoms with E-state index < -0.39 is 11.5 Å². The molecule has 0 amide bonds. The van der Waals surface area contributed by atoms with Crippen LogP contribution in [0.1, 0.15) is 36.8 Å². The molecule has 2 rings (SSSR count). The van der Waals surface area contributed by atoms with Crippen molar-refractivity contribution in [3.05, 3.63) is 34.3 Å². The molecule has 1 fully saturated rings. The molecule has 1 aliphatic carbocycles. The Kier molecular flexibility index (Phi) is 3.17. The maximum atomic E-state index is 13.2. The van der Waals surface area contributed by atoms with Gasteiger partial charge in [0.2, 0.25) is 5.92 Å². The summed E-state index contributed by atoms with van der Waals surface area (Å²) in [7, 11) is 0. The van der Waals surface area contributed by atoms with Gasteiger partial charge >= 0.3 is 0 Å². The van der Waals surface area contributed by atoms with E-state index in [4.69, 9.17) is 17.3 Å². The fraction of sp³-hybridized carbons (Fsp3) is 0.538. The molecule has 0 saturated heterocycles. The lowest BCUT2D eigenvalue weighted by Gasteiger charge is -2.38. The number of rotatable bonds is 1. The van der Waals surface area contributed by atoms with Crippen LogP contribution in [0.2, 0.25) is 5.02 Å². The summed E-state index contributed by atoms with van der Waals surface area (Å²) in [5, 5.41) is 0.649. The lowest BCUT2D eigenvalue weighted by Crippen LogP contribution is -2.44. The van der Waals surface area contributed by atoms with E-state index in [2.05, 4.69) is 0 Å². The summed E-state index contributed by atoms with van der Waals surface area (Å²) < 4.78 is 26.3. The third kappa shape index (κ3) is 2.61. The first-order valence-electron chi connectivity index (χ1n) is 5.76. The van der Waals surface area contributed by atoms with Gasteiger partial charge in [0.05, 0.1) is 0 Å². The molecule has 2 N–H and O–H groups in total. The van der Waals surface area contributed by atoms with E-state index in [0.29, 0.717) is 17.9 Å². The minimum absolute atomic E-state index is 0.133. The predicted octanol–water partition coefficient (Wildman–Crippen LogP) is 4.01. The zero-order valence-electron chi connectivity index (χ0n) is 9.77. The minimum atomic E-state index is -2.55. The molecule has 0 bridgehead atoms. The van der Waals surface area contributed by atoms with E-state index in [9.17, 15) is 8.78 Å². The molecule has 1 nitrogen and oxygen atoms in total. The van der Waals surface area contributed by atoms with Gasteiger partial charge in [-0.2, -0.15) is 0 Å². The van der Waals surface area contributed by atoms with Crippen LogP contribution in [0.3, 0.4) is 0 Å². The van der Waals surface area contributed by atoms with Crippen LogP contribution in [-0.4, -0.2) is 5.92 Å². The van der Waals surface area contributed by atoms with E-state index in [-0.39, 0.29) is 12.8 Å². The molecule has 0 aliphatic heterocycles. The van der Waals surface area contributed by atoms with Crippen LogP contribution in [0.15, 0.2) is 18.2 Å². The second-order valence-electron chi connectivity index (χ2n) is 4.97. The lowest BCUT2D eigenvalue weighted by atomic mass is 9.75. The van der Waals surface area contributed by atoms with Crippen molar-refractivity contribution in [3.8, 4) is 0 Å². The molecule has 0 radical (unpaired) electrons. The number of hydrogen-bond acceptors (Lipinski definition) is 1. The maximum absolute atomic E-state index is 13.2. The zero-order valence-corrected chi connectivity index (χ0v) is 10.5. The van der Waals surface area contributed by atoms with Gasteiger partial charge in [0.25, 0.3) is 0 Å². The molecule has 1 aliphatic rings. The zero-order chi connectivity index (χ0) is 12.7. The quantitative estimate of drug-likeness (QED) is 0.810. The highest BCUT2D eigenvalue weighted by Crippen LogP contribution is 2.43. The number of benzene rings is 1. The van der Waals surface area contributed by atoms with Gasteiger partial charge in [-0.15, -0.1) is 0 Å². The molecular formula is C13H16ClF2N. The van der Waals surface area contributed by atoms with Crippen molar-refractivity contribution in [1.82, 2.24) is 0 Å².